The van der Waals surface area contributed by atoms with Gasteiger partial charge in [0.25, 0.3) is 5.56 Å². The highest BCUT2D eigenvalue weighted by Gasteiger charge is 2.31. The maximum absolute atomic E-state index is 13.6. The van der Waals surface area contributed by atoms with Crippen LogP contribution in [0.5, 0.6) is 0 Å². The first kappa shape index (κ1) is 25.4. The van der Waals surface area contributed by atoms with E-state index >= 15 is 0 Å². The lowest BCUT2D eigenvalue weighted by atomic mass is 10.1. The Hall–Kier alpha value is -4.25. The molecule has 1 fully saturated rings. The van der Waals surface area contributed by atoms with Crippen molar-refractivity contribution in [1.82, 2.24) is 19.4 Å². The molecule has 3 aromatic heterocycles. The predicted molar refractivity (Wildman–Crippen MR) is 134 cm³/mol. The van der Waals surface area contributed by atoms with Crippen molar-refractivity contribution in [3.8, 4) is 17.0 Å². The van der Waals surface area contributed by atoms with Crippen molar-refractivity contribution < 1.29 is 22.4 Å². The SMILES string of the molecule is O=C(CN1CCCC1)Nc1cc(Cc2ncc(-c3cncc(-n4ccccc4=O)c3)o2)cc(C(F)(F)F)c1. The monoisotopic (exact) mass is 523 g/mol. The average molecular weight is 524 g/mol. The van der Waals surface area contributed by atoms with Crippen LogP contribution in [0.2, 0.25) is 0 Å². The molecule has 1 aliphatic heterocycles. The van der Waals surface area contributed by atoms with E-state index in [1.807, 2.05) is 4.90 Å². The molecule has 1 aliphatic rings. The van der Waals surface area contributed by atoms with Gasteiger partial charge >= 0.3 is 6.18 Å². The molecule has 1 saturated heterocycles. The highest BCUT2D eigenvalue weighted by molar-refractivity contribution is 5.92. The lowest BCUT2D eigenvalue weighted by Crippen LogP contribution is -2.31. The summed E-state index contributed by atoms with van der Waals surface area (Å²) >= 11 is 0. The molecule has 8 nitrogen and oxygen atoms in total. The minimum Gasteiger partial charge on any atom is -0.440 e. The molecule has 11 heteroatoms. The summed E-state index contributed by atoms with van der Waals surface area (Å²) < 4.78 is 48.0. The van der Waals surface area contributed by atoms with E-state index in [2.05, 4.69) is 15.3 Å². The summed E-state index contributed by atoms with van der Waals surface area (Å²) in [6.45, 7) is 1.74. The van der Waals surface area contributed by atoms with E-state index in [9.17, 15) is 22.8 Å². The Morgan fingerprint density at radius 3 is 2.63 bits per heavy atom. The minimum atomic E-state index is -4.59. The number of likely N-dealkylation sites (tertiary alicyclic amines) is 1. The van der Waals surface area contributed by atoms with E-state index in [4.69, 9.17) is 4.42 Å². The van der Waals surface area contributed by atoms with Gasteiger partial charge in [-0.15, -0.1) is 0 Å². The van der Waals surface area contributed by atoms with Gasteiger partial charge in [-0.3, -0.25) is 24.0 Å². The summed E-state index contributed by atoms with van der Waals surface area (Å²) in [5.74, 6) is 0.181. The van der Waals surface area contributed by atoms with Crippen LogP contribution >= 0.6 is 0 Å². The number of alkyl halides is 3. The number of carbonyl (C=O) groups excluding carboxylic acids is 1. The molecule has 4 aromatic rings. The summed E-state index contributed by atoms with van der Waals surface area (Å²) in [5.41, 5.74) is 0.332. The number of pyridine rings is 2. The quantitative estimate of drug-likeness (QED) is 0.383. The minimum absolute atomic E-state index is 0.0236. The van der Waals surface area contributed by atoms with Crippen molar-refractivity contribution in [3.05, 3.63) is 94.6 Å². The number of benzene rings is 1. The summed E-state index contributed by atoms with van der Waals surface area (Å²) in [6, 6.07) is 9.92. The highest BCUT2D eigenvalue weighted by Crippen LogP contribution is 2.33. The third-order valence-corrected chi connectivity index (χ3v) is 6.19. The van der Waals surface area contributed by atoms with Crippen molar-refractivity contribution in [2.45, 2.75) is 25.4 Å². The van der Waals surface area contributed by atoms with E-state index in [1.54, 1.807) is 30.6 Å². The molecule has 0 atom stereocenters. The number of aromatic nitrogens is 3. The van der Waals surface area contributed by atoms with Gasteiger partial charge in [-0.25, -0.2) is 4.98 Å². The molecular formula is C27H24F3N5O3. The molecule has 0 unspecified atom stereocenters. The van der Waals surface area contributed by atoms with Gasteiger partial charge < -0.3 is 9.73 Å². The molecular weight excluding hydrogens is 499 g/mol. The topological polar surface area (TPSA) is 93.3 Å². The molecule has 0 bridgehead atoms. The fourth-order valence-corrected chi connectivity index (χ4v) is 4.41. The van der Waals surface area contributed by atoms with Crippen molar-refractivity contribution >= 4 is 11.6 Å². The van der Waals surface area contributed by atoms with Crippen molar-refractivity contribution in [3.63, 3.8) is 0 Å². The third-order valence-electron chi connectivity index (χ3n) is 6.19. The van der Waals surface area contributed by atoms with Gasteiger partial charge in [-0.05, 0) is 61.8 Å². The maximum Gasteiger partial charge on any atom is 0.416 e. The number of oxazole rings is 1. The van der Waals surface area contributed by atoms with Crippen LogP contribution in [0.3, 0.4) is 0 Å². The summed E-state index contributed by atoms with van der Waals surface area (Å²) in [4.78, 5) is 34.9. The molecule has 0 aliphatic carbocycles. The van der Waals surface area contributed by atoms with Crippen LogP contribution in [-0.4, -0.2) is 45.0 Å². The Labute approximate surface area is 215 Å². The fraction of sp³-hybridized carbons (Fsp3) is 0.259. The molecule has 1 amide bonds. The zero-order valence-corrected chi connectivity index (χ0v) is 20.2. The second-order valence-corrected chi connectivity index (χ2v) is 9.08. The zero-order valence-electron chi connectivity index (χ0n) is 20.2. The van der Waals surface area contributed by atoms with E-state index in [-0.39, 0.29) is 41.6 Å². The molecule has 0 spiro atoms. The second kappa shape index (κ2) is 10.6. The molecule has 1 N–H and O–H groups in total. The number of rotatable bonds is 7. The van der Waals surface area contributed by atoms with Crippen LogP contribution in [0, 0.1) is 0 Å². The number of nitrogens with zero attached hydrogens (tertiary/aromatic N) is 4. The van der Waals surface area contributed by atoms with Gasteiger partial charge in [0.15, 0.2) is 11.7 Å². The van der Waals surface area contributed by atoms with Crippen LogP contribution in [0.1, 0.15) is 29.9 Å². The van der Waals surface area contributed by atoms with Crippen molar-refractivity contribution in [2.24, 2.45) is 0 Å². The number of amides is 1. The van der Waals surface area contributed by atoms with E-state index in [1.165, 1.54) is 29.1 Å². The lowest BCUT2D eigenvalue weighted by molar-refractivity contribution is -0.137. The Balaban J connectivity index is 1.36. The molecule has 1 aromatic carbocycles. The molecule has 5 rings (SSSR count). The molecule has 0 saturated carbocycles. The Bertz CT molecular complexity index is 1510. The predicted octanol–water partition coefficient (Wildman–Crippen LogP) is 4.53. The van der Waals surface area contributed by atoms with Gasteiger partial charge in [0.2, 0.25) is 5.91 Å². The van der Waals surface area contributed by atoms with Crippen molar-refractivity contribution in [1.29, 1.82) is 0 Å². The Morgan fingerprint density at radius 2 is 1.87 bits per heavy atom. The van der Waals surface area contributed by atoms with Crippen LogP contribution < -0.4 is 10.9 Å². The average Bonchev–Trinajstić information content (AvgIpc) is 3.56. The molecule has 0 radical (unpaired) electrons. The summed E-state index contributed by atoms with van der Waals surface area (Å²) in [6.07, 6.45) is 3.54. The summed E-state index contributed by atoms with van der Waals surface area (Å²) in [7, 11) is 0. The first-order valence-corrected chi connectivity index (χ1v) is 12.1. The molecule has 4 heterocycles. The zero-order chi connectivity index (χ0) is 26.7. The first-order valence-electron chi connectivity index (χ1n) is 12.1. The first-order chi connectivity index (χ1) is 18.2. The summed E-state index contributed by atoms with van der Waals surface area (Å²) in [5, 5.41) is 2.60. The maximum atomic E-state index is 13.6. The lowest BCUT2D eigenvalue weighted by Gasteiger charge is -2.16. The van der Waals surface area contributed by atoms with Gasteiger partial charge in [0, 0.05) is 36.1 Å². The van der Waals surface area contributed by atoms with Crippen LogP contribution in [0.15, 0.2) is 76.5 Å². The Kier molecular flexibility index (Phi) is 7.10. The van der Waals surface area contributed by atoms with Crippen molar-refractivity contribution in [2.75, 3.05) is 25.0 Å². The van der Waals surface area contributed by atoms with Gasteiger partial charge in [-0.1, -0.05) is 6.07 Å². The van der Waals surface area contributed by atoms with Crippen LogP contribution in [-0.2, 0) is 17.4 Å². The van der Waals surface area contributed by atoms with Gasteiger partial charge in [-0.2, -0.15) is 13.2 Å². The number of carbonyl (C=O) groups is 1. The molecule has 196 valence electrons. The van der Waals surface area contributed by atoms with Crippen LogP contribution in [0.25, 0.3) is 17.0 Å². The number of halogens is 3. The number of hydrogen-bond donors (Lipinski definition) is 1. The fourth-order valence-electron chi connectivity index (χ4n) is 4.41. The largest absolute Gasteiger partial charge is 0.440 e. The second-order valence-electron chi connectivity index (χ2n) is 9.08. The van der Waals surface area contributed by atoms with E-state index < -0.39 is 11.7 Å². The Morgan fingerprint density at radius 1 is 1.05 bits per heavy atom. The number of hydrogen-bond acceptors (Lipinski definition) is 6. The van der Waals surface area contributed by atoms with Crippen LogP contribution in [0.4, 0.5) is 18.9 Å². The number of nitrogens with one attached hydrogen (secondary N) is 1. The standard InChI is InChI=1S/C27H24F3N5O3/c28-27(29,30)20-9-18(10-21(13-20)33-24(36)17-34-6-3-4-7-34)11-25-32-16-23(38-25)19-12-22(15-31-14-19)35-8-2-1-5-26(35)37/h1-2,5,8-10,12-16H,3-4,6-7,11,17H2,(H,33,36). The molecule has 38 heavy (non-hydrogen) atoms. The highest BCUT2D eigenvalue weighted by atomic mass is 19.4. The van der Waals surface area contributed by atoms with Gasteiger partial charge in [0.05, 0.1) is 30.2 Å². The van der Waals surface area contributed by atoms with E-state index in [0.717, 1.165) is 38.1 Å². The third kappa shape index (κ3) is 6.00. The smallest absolute Gasteiger partial charge is 0.416 e. The normalized spacial score (nSPS) is 14.1. The van der Waals surface area contributed by atoms with E-state index in [0.29, 0.717) is 17.0 Å². The van der Waals surface area contributed by atoms with Gasteiger partial charge in [0.1, 0.15) is 0 Å². The number of anilines is 1.